The molecule has 2 amide bonds. The lowest BCUT2D eigenvalue weighted by molar-refractivity contribution is -0.161. The molecule has 6 heteroatoms. The van der Waals surface area contributed by atoms with Crippen molar-refractivity contribution in [2.24, 2.45) is 5.92 Å². The highest BCUT2D eigenvalue weighted by Gasteiger charge is 2.32. The second-order valence-corrected chi connectivity index (χ2v) is 6.81. The molecule has 0 saturated carbocycles. The van der Waals surface area contributed by atoms with Gasteiger partial charge in [0.25, 0.3) is 0 Å². The van der Waals surface area contributed by atoms with Crippen LogP contribution in [0.3, 0.4) is 0 Å². The number of carbonyl (C=O) groups excluding carboxylic acids is 2. The first-order valence-electron chi connectivity index (χ1n) is 7.84. The number of nitrogens with one attached hydrogen (secondary N) is 1. The molecule has 2 rings (SSSR count). The van der Waals surface area contributed by atoms with Gasteiger partial charge in [-0.2, -0.15) is 0 Å². The summed E-state index contributed by atoms with van der Waals surface area (Å²) in [6.07, 6.45) is 1.40. The summed E-state index contributed by atoms with van der Waals surface area (Å²) in [7, 11) is 0. The zero-order chi connectivity index (χ0) is 15.5. The molecule has 0 atom stereocenters. The Hall–Kier alpha value is -1.30. The zero-order valence-electron chi connectivity index (χ0n) is 13.4. The van der Waals surface area contributed by atoms with Crippen molar-refractivity contribution >= 4 is 12.0 Å². The normalized spacial score (nSPS) is 21.3. The fourth-order valence-electron chi connectivity index (χ4n) is 2.75. The van der Waals surface area contributed by atoms with Gasteiger partial charge in [-0.25, -0.2) is 4.79 Å². The van der Waals surface area contributed by atoms with Gasteiger partial charge in [-0.15, -0.1) is 0 Å². The fourth-order valence-corrected chi connectivity index (χ4v) is 2.75. The Morgan fingerprint density at radius 1 is 1.00 bits per heavy atom. The first-order chi connectivity index (χ1) is 9.87. The van der Waals surface area contributed by atoms with Gasteiger partial charge in [0.05, 0.1) is 5.92 Å². The van der Waals surface area contributed by atoms with Crippen LogP contribution in [-0.4, -0.2) is 66.7 Å². The minimum atomic E-state index is -0.440. The monoisotopic (exact) mass is 297 g/mol. The lowest BCUT2D eigenvalue weighted by Gasteiger charge is -2.37. The number of nitrogens with zero attached hydrogens (tertiary/aromatic N) is 2. The van der Waals surface area contributed by atoms with Crippen LogP contribution in [-0.2, 0) is 9.53 Å². The van der Waals surface area contributed by atoms with Crippen molar-refractivity contribution in [1.82, 2.24) is 15.1 Å². The quantitative estimate of drug-likeness (QED) is 0.735. The Morgan fingerprint density at radius 3 is 2.05 bits per heavy atom. The number of piperidine rings is 1. The Bertz CT molecular complexity index is 378. The first kappa shape index (κ1) is 16.1. The van der Waals surface area contributed by atoms with Crippen molar-refractivity contribution in [3.8, 4) is 0 Å². The van der Waals surface area contributed by atoms with Gasteiger partial charge in [-0.05, 0) is 33.6 Å². The highest BCUT2D eigenvalue weighted by molar-refractivity contribution is 5.76. The average molecular weight is 297 g/mol. The summed E-state index contributed by atoms with van der Waals surface area (Å²) >= 11 is 0. The molecular weight excluding hydrogens is 270 g/mol. The summed E-state index contributed by atoms with van der Waals surface area (Å²) in [5, 5.41) is 3.24. The van der Waals surface area contributed by atoms with Crippen LogP contribution in [0.25, 0.3) is 0 Å². The number of carbonyl (C=O) groups is 2. The van der Waals surface area contributed by atoms with E-state index in [0.717, 1.165) is 26.2 Å². The molecule has 120 valence electrons. The molecular formula is C15H27N3O3. The lowest BCUT2D eigenvalue weighted by Crippen LogP contribution is -2.53. The number of rotatable bonds is 1. The minimum absolute atomic E-state index is 0.0729. The molecule has 0 radical (unpaired) electrons. The van der Waals surface area contributed by atoms with Gasteiger partial charge in [-0.3, -0.25) is 4.79 Å². The number of amides is 2. The van der Waals surface area contributed by atoms with E-state index in [-0.39, 0.29) is 17.9 Å². The number of piperazine rings is 1. The first-order valence-corrected chi connectivity index (χ1v) is 7.84. The highest BCUT2D eigenvalue weighted by atomic mass is 16.6. The molecule has 2 aliphatic rings. The molecule has 6 nitrogen and oxygen atoms in total. The van der Waals surface area contributed by atoms with E-state index in [1.54, 1.807) is 0 Å². The molecule has 2 fully saturated rings. The SMILES string of the molecule is CC(C)(C)OC(=O)C1CCN(C(=O)N2CCNCC2)CC1. The van der Waals surface area contributed by atoms with Crippen LogP contribution in [0.4, 0.5) is 4.79 Å². The van der Waals surface area contributed by atoms with Crippen molar-refractivity contribution in [3.05, 3.63) is 0 Å². The van der Waals surface area contributed by atoms with E-state index in [9.17, 15) is 9.59 Å². The van der Waals surface area contributed by atoms with Crippen LogP contribution in [0, 0.1) is 5.92 Å². The van der Waals surface area contributed by atoms with Crippen molar-refractivity contribution in [3.63, 3.8) is 0 Å². The van der Waals surface area contributed by atoms with Gasteiger partial charge in [-0.1, -0.05) is 0 Å². The summed E-state index contributed by atoms with van der Waals surface area (Å²) in [5.74, 6) is -0.201. The minimum Gasteiger partial charge on any atom is -0.460 e. The maximum absolute atomic E-state index is 12.4. The van der Waals surface area contributed by atoms with Crippen molar-refractivity contribution < 1.29 is 14.3 Å². The molecule has 2 saturated heterocycles. The van der Waals surface area contributed by atoms with Crippen LogP contribution in [0.1, 0.15) is 33.6 Å². The number of esters is 1. The summed E-state index contributed by atoms with van der Waals surface area (Å²) in [6, 6.07) is 0.110. The maximum Gasteiger partial charge on any atom is 0.320 e. The molecule has 0 unspecified atom stereocenters. The Balaban J connectivity index is 1.80. The molecule has 1 N–H and O–H groups in total. The second-order valence-electron chi connectivity index (χ2n) is 6.81. The molecule has 0 aromatic heterocycles. The fraction of sp³-hybridized carbons (Fsp3) is 0.867. The van der Waals surface area contributed by atoms with Crippen molar-refractivity contribution in [1.29, 1.82) is 0 Å². The molecule has 0 aromatic carbocycles. The Morgan fingerprint density at radius 2 is 1.52 bits per heavy atom. The zero-order valence-corrected chi connectivity index (χ0v) is 13.4. The number of hydrogen-bond acceptors (Lipinski definition) is 4. The van der Waals surface area contributed by atoms with Crippen LogP contribution >= 0.6 is 0 Å². The van der Waals surface area contributed by atoms with E-state index in [2.05, 4.69) is 5.32 Å². The molecule has 2 heterocycles. The van der Waals surface area contributed by atoms with Crippen LogP contribution < -0.4 is 5.32 Å². The number of ether oxygens (including phenoxy) is 1. The highest BCUT2D eigenvalue weighted by Crippen LogP contribution is 2.22. The third kappa shape index (κ3) is 4.59. The molecule has 2 aliphatic heterocycles. The average Bonchev–Trinajstić information content (AvgIpc) is 2.46. The number of urea groups is 1. The van der Waals surface area contributed by atoms with Gasteiger partial charge < -0.3 is 19.9 Å². The summed E-state index contributed by atoms with van der Waals surface area (Å²) in [6.45, 7) is 10.2. The van der Waals surface area contributed by atoms with Crippen molar-refractivity contribution in [2.45, 2.75) is 39.2 Å². The van der Waals surface area contributed by atoms with Gasteiger partial charge in [0, 0.05) is 39.3 Å². The topological polar surface area (TPSA) is 61.9 Å². The Labute approximate surface area is 126 Å². The van der Waals surface area contributed by atoms with Crippen LogP contribution in [0.15, 0.2) is 0 Å². The smallest absolute Gasteiger partial charge is 0.320 e. The summed E-state index contributed by atoms with van der Waals surface area (Å²) in [4.78, 5) is 28.2. The van der Waals surface area contributed by atoms with E-state index in [4.69, 9.17) is 4.74 Å². The predicted octanol–water partition coefficient (Wildman–Crippen LogP) is 1.07. The lowest BCUT2D eigenvalue weighted by atomic mass is 9.97. The molecule has 21 heavy (non-hydrogen) atoms. The molecule has 0 aromatic rings. The largest absolute Gasteiger partial charge is 0.460 e. The van der Waals surface area contributed by atoms with E-state index in [0.29, 0.717) is 25.9 Å². The van der Waals surface area contributed by atoms with Gasteiger partial charge in [0.15, 0.2) is 0 Å². The predicted molar refractivity (Wildman–Crippen MR) is 80.0 cm³/mol. The summed E-state index contributed by atoms with van der Waals surface area (Å²) < 4.78 is 5.43. The molecule has 0 spiro atoms. The van der Waals surface area contributed by atoms with Gasteiger partial charge in [0.1, 0.15) is 5.60 Å². The van der Waals surface area contributed by atoms with E-state index in [1.807, 2.05) is 30.6 Å². The summed E-state index contributed by atoms with van der Waals surface area (Å²) in [5.41, 5.74) is -0.440. The van der Waals surface area contributed by atoms with Gasteiger partial charge >= 0.3 is 12.0 Å². The molecule has 0 bridgehead atoms. The van der Waals surface area contributed by atoms with E-state index >= 15 is 0 Å². The van der Waals surface area contributed by atoms with Crippen molar-refractivity contribution in [2.75, 3.05) is 39.3 Å². The number of likely N-dealkylation sites (tertiary alicyclic amines) is 1. The maximum atomic E-state index is 12.4. The Kier molecular flexibility index (Phi) is 5.08. The van der Waals surface area contributed by atoms with Gasteiger partial charge in [0.2, 0.25) is 0 Å². The number of hydrogen-bond donors (Lipinski definition) is 1. The standard InChI is InChI=1S/C15H27N3O3/c1-15(2,3)21-13(19)12-4-8-17(9-5-12)14(20)18-10-6-16-7-11-18/h12,16H,4-11H2,1-3H3. The van der Waals surface area contributed by atoms with E-state index < -0.39 is 5.60 Å². The second kappa shape index (κ2) is 6.64. The third-order valence-corrected chi connectivity index (χ3v) is 3.89. The van der Waals surface area contributed by atoms with E-state index in [1.165, 1.54) is 0 Å². The third-order valence-electron chi connectivity index (χ3n) is 3.89. The van der Waals surface area contributed by atoms with Crippen LogP contribution in [0.2, 0.25) is 0 Å². The molecule has 0 aliphatic carbocycles. The van der Waals surface area contributed by atoms with Crippen LogP contribution in [0.5, 0.6) is 0 Å².